The van der Waals surface area contributed by atoms with Crippen LogP contribution in [0.3, 0.4) is 0 Å². The number of carboxylic acids is 1. The summed E-state index contributed by atoms with van der Waals surface area (Å²) in [5.41, 5.74) is 0.867. The van der Waals surface area contributed by atoms with Crippen molar-refractivity contribution >= 4 is 45.1 Å². The maximum atomic E-state index is 12.6. The van der Waals surface area contributed by atoms with E-state index in [4.69, 9.17) is 4.74 Å². The van der Waals surface area contributed by atoms with Crippen LogP contribution in [0.2, 0.25) is 0 Å². The molecule has 0 aliphatic carbocycles. The Morgan fingerprint density at radius 3 is 2.56 bits per heavy atom. The Labute approximate surface area is 164 Å². The Balaban J connectivity index is 1.73. The van der Waals surface area contributed by atoms with Crippen LogP contribution in [0.4, 0.5) is 11.4 Å². The minimum Gasteiger partial charge on any atom is -0.497 e. The molecule has 3 rings (SSSR count). The quantitative estimate of drug-likeness (QED) is 0.756. The van der Waals surface area contributed by atoms with E-state index in [-0.39, 0.29) is 36.0 Å². The van der Waals surface area contributed by atoms with Crippen LogP contribution >= 0.6 is 15.9 Å². The molecule has 2 aromatic rings. The number of anilines is 2. The molecule has 0 aromatic heterocycles. The molecule has 1 fully saturated rings. The van der Waals surface area contributed by atoms with E-state index in [1.54, 1.807) is 42.3 Å². The Morgan fingerprint density at radius 2 is 1.93 bits per heavy atom. The van der Waals surface area contributed by atoms with Crippen molar-refractivity contribution in [3.8, 4) is 5.75 Å². The lowest BCUT2D eigenvalue weighted by atomic mass is 10.1. The Hall–Kier alpha value is -2.87. The van der Waals surface area contributed by atoms with Gasteiger partial charge in [-0.1, -0.05) is 15.9 Å². The van der Waals surface area contributed by atoms with Gasteiger partial charge < -0.3 is 20.1 Å². The van der Waals surface area contributed by atoms with Gasteiger partial charge in [0, 0.05) is 23.1 Å². The third-order valence-corrected chi connectivity index (χ3v) is 4.84. The lowest BCUT2D eigenvalue weighted by Gasteiger charge is -2.17. The Morgan fingerprint density at radius 1 is 1.22 bits per heavy atom. The lowest BCUT2D eigenvalue weighted by Crippen LogP contribution is -2.28. The van der Waals surface area contributed by atoms with Crippen LogP contribution < -0.4 is 15.0 Å². The number of nitrogens with zero attached hydrogens (tertiary/aromatic N) is 1. The van der Waals surface area contributed by atoms with Crippen LogP contribution in [0.5, 0.6) is 5.75 Å². The van der Waals surface area contributed by atoms with E-state index in [0.29, 0.717) is 15.9 Å². The van der Waals surface area contributed by atoms with Crippen molar-refractivity contribution in [1.29, 1.82) is 0 Å². The molecule has 1 atom stereocenters. The van der Waals surface area contributed by atoms with Crippen LogP contribution in [-0.4, -0.2) is 36.5 Å². The second kappa shape index (κ2) is 7.79. The van der Waals surface area contributed by atoms with Crippen LogP contribution in [0.1, 0.15) is 16.8 Å². The van der Waals surface area contributed by atoms with Crippen molar-refractivity contribution in [3.63, 3.8) is 0 Å². The molecule has 8 heteroatoms. The van der Waals surface area contributed by atoms with E-state index < -0.39 is 11.9 Å². The first-order valence-electron chi connectivity index (χ1n) is 8.17. The summed E-state index contributed by atoms with van der Waals surface area (Å²) in [5.74, 6) is -1.58. The summed E-state index contributed by atoms with van der Waals surface area (Å²) in [6, 6.07) is 11.6. The molecule has 2 N–H and O–H groups in total. The smallest absolute Gasteiger partial charge is 0.337 e. The number of carboxylic acid groups (broad SMARTS) is 1. The largest absolute Gasteiger partial charge is 0.497 e. The first-order chi connectivity index (χ1) is 12.9. The number of methoxy groups -OCH3 is 1. The van der Waals surface area contributed by atoms with Crippen molar-refractivity contribution in [1.82, 2.24) is 0 Å². The van der Waals surface area contributed by atoms with Crippen molar-refractivity contribution < 1.29 is 24.2 Å². The standard InChI is InChI=1S/C19H17BrN2O5/c1-27-14-5-3-13(4-6-14)22-10-11(8-17(22)23)18(24)21-16-7-2-12(20)9-15(16)19(25)26/h2-7,9,11H,8,10H2,1H3,(H,21,24)(H,25,26). The summed E-state index contributed by atoms with van der Waals surface area (Å²) in [6.07, 6.45) is 0.0663. The van der Waals surface area contributed by atoms with E-state index in [0.717, 1.165) is 0 Å². The number of carbonyl (C=O) groups excluding carboxylic acids is 2. The van der Waals surface area contributed by atoms with Gasteiger partial charge in [0.2, 0.25) is 11.8 Å². The van der Waals surface area contributed by atoms with Gasteiger partial charge in [-0.3, -0.25) is 9.59 Å². The van der Waals surface area contributed by atoms with Gasteiger partial charge in [-0.05, 0) is 42.5 Å². The predicted molar refractivity (Wildman–Crippen MR) is 103 cm³/mol. The summed E-state index contributed by atoms with van der Waals surface area (Å²) in [4.78, 5) is 37.8. The van der Waals surface area contributed by atoms with Crippen LogP contribution in [0, 0.1) is 5.92 Å². The SMILES string of the molecule is COc1ccc(N2CC(C(=O)Nc3ccc(Br)cc3C(=O)O)CC2=O)cc1. The van der Waals surface area contributed by atoms with E-state index in [1.165, 1.54) is 12.1 Å². The number of amides is 2. The fourth-order valence-corrected chi connectivity index (χ4v) is 3.29. The number of hydrogen-bond donors (Lipinski definition) is 2. The first-order valence-corrected chi connectivity index (χ1v) is 8.96. The van der Waals surface area contributed by atoms with E-state index in [9.17, 15) is 19.5 Å². The van der Waals surface area contributed by atoms with Gasteiger partial charge >= 0.3 is 5.97 Å². The molecule has 1 heterocycles. The van der Waals surface area contributed by atoms with Gasteiger partial charge in [0.15, 0.2) is 0 Å². The highest BCUT2D eigenvalue weighted by atomic mass is 79.9. The Bertz CT molecular complexity index is 897. The fraction of sp³-hybridized carbons (Fsp3) is 0.211. The molecule has 0 radical (unpaired) electrons. The van der Waals surface area contributed by atoms with Gasteiger partial charge in [0.1, 0.15) is 5.75 Å². The first kappa shape index (κ1) is 18.9. The minimum atomic E-state index is -1.14. The molecule has 1 unspecified atom stereocenters. The molecular weight excluding hydrogens is 416 g/mol. The minimum absolute atomic E-state index is 0.0194. The molecule has 0 bridgehead atoms. The zero-order valence-corrected chi connectivity index (χ0v) is 16.0. The molecular formula is C19H17BrN2O5. The predicted octanol–water partition coefficient (Wildman–Crippen LogP) is 3.15. The third-order valence-electron chi connectivity index (χ3n) is 4.35. The number of ether oxygens (including phenoxy) is 1. The summed E-state index contributed by atoms with van der Waals surface area (Å²) in [7, 11) is 1.56. The highest BCUT2D eigenvalue weighted by molar-refractivity contribution is 9.10. The van der Waals surface area contributed by atoms with Crippen LogP contribution in [-0.2, 0) is 9.59 Å². The van der Waals surface area contributed by atoms with Crippen molar-refractivity contribution in [2.45, 2.75) is 6.42 Å². The van der Waals surface area contributed by atoms with Crippen molar-refractivity contribution in [3.05, 3.63) is 52.5 Å². The number of carbonyl (C=O) groups is 3. The molecule has 1 saturated heterocycles. The summed E-state index contributed by atoms with van der Waals surface area (Å²) >= 11 is 3.21. The van der Waals surface area contributed by atoms with E-state index in [1.807, 2.05) is 0 Å². The zero-order valence-electron chi connectivity index (χ0n) is 14.4. The number of nitrogens with one attached hydrogen (secondary N) is 1. The second-order valence-corrected chi connectivity index (χ2v) is 7.00. The third kappa shape index (κ3) is 4.11. The molecule has 27 heavy (non-hydrogen) atoms. The number of aromatic carboxylic acids is 1. The average molecular weight is 433 g/mol. The Kier molecular flexibility index (Phi) is 5.46. The van der Waals surface area contributed by atoms with Crippen LogP contribution in [0.25, 0.3) is 0 Å². The molecule has 0 saturated carbocycles. The summed E-state index contributed by atoms with van der Waals surface area (Å²) in [5, 5.41) is 11.9. The maximum absolute atomic E-state index is 12.6. The molecule has 1 aliphatic heterocycles. The molecule has 1 aliphatic rings. The number of rotatable bonds is 5. The van der Waals surface area contributed by atoms with Gasteiger partial charge in [-0.25, -0.2) is 4.79 Å². The second-order valence-electron chi connectivity index (χ2n) is 6.09. The highest BCUT2D eigenvalue weighted by Gasteiger charge is 2.35. The molecule has 7 nitrogen and oxygen atoms in total. The lowest BCUT2D eigenvalue weighted by molar-refractivity contribution is -0.122. The molecule has 140 valence electrons. The summed E-state index contributed by atoms with van der Waals surface area (Å²) in [6.45, 7) is 0.232. The van der Waals surface area contributed by atoms with Gasteiger partial charge in [0.05, 0.1) is 24.3 Å². The summed E-state index contributed by atoms with van der Waals surface area (Å²) < 4.78 is 5.70. The monoisotopic (exact) mass is 432 g/mol. The number of halogens is 1. The highest BCUT2D eigenvalue weighted by Crippen LogP contribution is 2.28. The van der Waals surface area contributed by atoms with Crippen LogP contribution in [0.15, 0.2) is 46.9 Å². The number of hydrogen-bond acceptors (Lipinski definition) is 4. The molecule has 0 spiro atoms. The van der Waals surface area contributed by atoms with E-state index >= 15 is 0 Å². The maximum Gasteiger partial charge on any atom is 0.337 e. The van der Waals surface area contributed by atoms with E-state index in [2.05, 4.69) is 21.2 Å². The van der Waals surface area contributed by atoms with Crippen molar-refractivity contribution in [2.24, 2.45) is 5.92 Å². The normalized spacial score (nSPS) is 16.3. The van der Waals surface area contributed by atoms with Gasteiger partial charge in [-0.2, -0.15) is 0 Å². The zero-order chi connectivity index (χ0) is 19.6. The average Bonchev–Trinajstić information content (AvgIpc) is 3.05. The van der Waals surface area contributed by atoms with Gasteiger partial charge in [0.25, 0.3) is 0 Å². The molecule has 2 aromatic carbocycles. The fourth-order valence-electron chi connectivity index (χ4n) is 2.93. The molecule has 2 amide bonds. The van der Waals surface area contributed by atoms with Crippen molar-refractivity contribution in [2.75, 3.05) is 23.9 Å². The number of benzene rings is 2. The van der Waals surface area contributed by atoms with Gasteiger partial charge in [-0.15, -0.1) is 0 Å². The topological polar surface area (TPSA) is 95.9 Å².